The normalized spacial score (nSPS) is 15.2. The first-order valence-electron chi connectivity index (χ1n) is 10.9. The molecule has 0 N–H and O–H groups in total. The maximum atomic E-state index is 13.2. The fourth-order valence-corrected chi connectivity index (χ4v) is 5.33. The summed E-state index contributed by atoms with van der Waals surface area (Å²) in [6.07, 6.45) is 1.31. The fraction of sp³-hybridized carbons (Fsp3) is 0.320. The number of ketones is 1. The zero-order valence-electron chi connectivity index (χ0n) is 19.0. The first-order chi connectivity index (χ1) is 15.8. The smallest absolute Gasteiger partial charge is 0.262 e. The second-order valence-corrected chi connectivity index (χ2v) is 9.66. The van der Waals surface area contributed by atoms with Gasteiger partial charge in [0.15, 0.2) is 23.4 Å². The molecule has 5 rings (SSSR count). The van der Waals surface area contributed by atoms with Gasteiger partial charge in [-0.3, -0.25) is 14.2 Å². The van der Waals surface area contributed by atoms with Gasteiger partial charge in [0.05, 0.1) is 24.8 Å². The van der Waals surface area contributed by atoms with Crippen LogP contribution in [0.25, 0.3) is 10.2 Å². The third-order valence-electron chi connectivity index (χ3n) is 6.30. The average Bonchev–Trinajstić information content (AvgIpc) is 3.25. The molecule has 3 aromatic heterocycles. The monoisotopic (exact) mass is 463 g/mol. The summed E-state index contributed by atoms with van der Waals surface area (Å²) in [6, 6.07) is 9.50. The number of rotatable bonds is 5. The van der Waals surface area contributed by atoms with Crippen LogP contribution in [0.2, 0.25) is 0 Å². The average molecular weight is 464 g/mol. The number of carbonyl (C=O) groups is 1. The van der Waals surface area contributed by atoms with Crippen LogP contribution in [0, 0.1) is 27.7 Å². The predicted molar refractivity (Wildman–Crippen MR) is 128 cm³/mol. The lowest BCUT2D eigenvalue weighted by Crippen LogP contribution is -2.33. The number of nitrogens with zero attached hydrogens (tertiary/aromatic N) is 3. The number of aryl methyl sites for hydroxylation is 3. The summed E-state index contributed by atoms with van der Waals surface area (Å²) < 4.78 is 15.4. The Hall–Kier alpha value is -3.39. The number of benzene rings is 1. The van der Waals surface area contributed by atoms with Gasteiger partial charge in [0.2, 0.25) is 0 Å². The Kier molecular flexibility index (Phi) is 5.32. The molecule has 4 aromatic rings. The van der Waals surface area contributed by atoms with Gasteiger partial charge < -0.3 is 14.0 Å². The summed E-state index contributed by atoms with van der Waals surface area (Å²) in [6.45, 7) is 8.76. The number of para-hydroxylation sites is 2. The Bertz CT molecular complexity index is 1450. The highest BCUT2D eigenvalue weighted by atomic mass is 32.1. The van der Waals surface area contributed by atoms with E-state index in [-0.39, 0.29) is 24.0 Å². The molecule has 33 heavy (non-hydrogen) atoms. The second kappa shape index (κ2) is 8.19. The van der Waals surface area contributed by atoms with Gasteiger partial charge in [-0.15, -0.1) is 11.3 Å². The van der Waals surface area contributed by atoms with Crippen molar-refractivity contribution in [1.29, 1.82) is 0 Å². The first kappa shape index (κ1) is 21.5. The van der Waals surface area contributed by atoms with E-state index in [2.05, 4.69) is 9.55 Å². The van der Waals surface area contributed by atoms with Crippen LogP contribution in [0.5, 0.6) is 11.5 Å². The highest BCUT2D eigenvalue weighted by Gasteiger charge is 2.24. The molecule has 0 unspecified atom stereocenters. The van der Waals surface area contributed by atoms with Crippen LogP contribution in [0.1, 0.15) is 32.2 Å². The number of carbonyl (C=O) groups excluding carboxylic acids is 1. The molecule has 170 valence electrons. The second-order valence-electron chi connectivity index (χ2n) is 8.46. The van der Waals surface area contributed by atoms with Crippen molar-refractivity contribution in [2.75, 3.05) is 6.61 Å². The van der Waals surface area contributed by atoms with Crippen molar-refractivity contribution < 1.29 is 14.3 Å². The third kappa shape index (κ3) is 3.74. The summed E-state index contributed by atoms with van der Waals surface area (Å²) in [5.74, 6) is 1.36. The zero-order chi connectivity index (χ0) is 23.3. The standard InChI is InChI=1S/C25H25N3O4S/c1-14-9-19(16(3)28(14)10-18-12-31-21-7-5-6-8-22(21)32-18)20(29)11-27-13-26-24-23(25(27)30)15(2)17(4)33-24/h5-9,13,18H,10-12H2,1-4H3/t18-/m0/s1. The van der Waals surface area contributed by atoms with Crippen molar-refractivity contribution in [2.24, 2.45) is 0 Å². The number of Topliss-reactive ketones (excluding diaryl/α,β-unsaturated/α-hetero) is 1. The first-order valence-corrected chi connectivity index (χ1v) is 11.7. The molecule has 0 amide bonds. The largest absolute Gasteiger partial charge is 0.486 e. The minimum atomic E-state index is -0.171. The van der Waals surface area contributed by atoms with Crippen LogP contribution >= 0.6 is 11.3 Å². The van der Waals surface area contributed by atoms with Crippen LogP contribution in [-0.2, 0) is 13.1 Å². The van der Waals surface area contributed by atoms with Gasteiger partial charge in [-0.25, -0.2) is 4.98 Å². The molecule has 0 aliphatic carbocycles. The number of hydrogen-bond donors (Lipinski definition) is 0. The quantitative estimate of drug-likeness (QED) is 0.415. The third-order valence-corrected chi connectivity index (χ3v) is 7.41. The molecule has 0 fully saturated rings. The molecule has 0 saturated heterocycles. The van der Waals surface area contributed by atoms with Crippen molar-refractivity contribution in [3.8, 4) is 11.5 Å². The molecule has 0 bridgehead atoms. The fourth-order valence-electron chi connectivity index (χ4n) is 4.34. The van der Waals surface area contributed by atoms with Crippen molar-refractivity contribution in [3.63, 3.8) is 0 Å². The molecule has 4 heterocycles. The van der Waals surface area contributed by atoms with E-state index in [1.54, 1.807) is 0 Å². The van der Waals surface area contributed by atoms with Crippen molar-refractivity contribution in [3.05, 3.63) is 74.4 Å². The van der Waals surface area contributed by atoms with E-state index in [9.17, 15) is 9.59 Å². The Balaban J connectivity index is 1.38. The molecule has 1 atom stereocenters. The molecule has 0 saturated carbocycles. The number of aromatic nitrogens is 3. The van der Waals surface area contributed by atoms with E-state index in [4.69, 9.17) is 9.47 Å². The molecule has 1 aliphatic rings. The molecular formula is C25H25N3O4S. The number of hydrogen-bond acceptors (Lipinski definition) is 6. The molecule has 0 radical (unpaired) electrons. The summed E-state index contributed by atoms with van der Waals surface area (Å²) in [5.41, 5.74) is 3.18. The van der Waals surface area contributed by atoms with Crippen LogP contribution in [0.15, 0.2) is 41.5 Å². The van der Waals surface area contributed by atoms with Gasteiger partial charge in [0.25, 0.3) is 5.56 Å². The minimum absolute atomic E-state index is 0.0448. The highest BCUT2D eigenvalue weighted by molar-refractivity contribution is 7.18. The summed E-state index contributed by atoms with van der Waals surface area (Å²) in [4.78, 5) is 32.4. The molecule has 1 aromatic carbocycles. The zero-order valence-corrected chi connectivity index (χ0v) is 19.9. The maximum Gasteiger partial charge on any atom is 0.262 e. The lowest BCUT2D eigenvalue weighted by atomic mass is 10.1. The lowest BCUT2D eigenvalue weighted by molar-refractivity contribution is 0.0777. The SMILES string of the molecule is Cc1sc2ncn(CC(=O)c3cc(C)n(C[C@H]4COc5ccccc5O4)c3C)c(=O)c2c1C. The molecular weight excluding hydrogens is 438 g/mol. The van der Waals surface area contributed by atoms with E-state index in [0.717, 1.165) is 33.3 Å². The van der Waals surface area contributed by atoms with Gasteiger partial charge in [-0.05, 0) is 51.5 Å². The lowest BCUT2D eigenvalue weighted by Gasteiger charge is -2.27. The van der Waals surface area contributed by atoms with Crippen molar-refractivity contribution in [1.82, 2.24) is 14.1 Å². The van der Waals surface area contributed by atoms with Crippen molar-refractivity contribution >= 4 is 27.3 Å². The summed E-state index contributed by atoms with van der Waals surface area (Å²) in [5, 5.41) is 0.605. The van der Waals surface area contributed by atoms with E-state index >= 15 is 0 Å². The van der Waals surface area contributed by atoms with Gasteiger partial charge in [0.1, 0.15) is 11.4 Å². The minimum Gasteiger partial charge on any atom is -0.486 e. The predicted octanol–water partition coefficient (Wildman–Crippen LogP) is 4.22. The van der Waals surface area contributed by atoms with Gasteiger partial charge >= 0.3 is 0 Å². The van der Waals surface area contributed by atoms with Crippen LogP contribution in [0.4, 0.5) is 0 Å². The molecule has 1 aliphatic heterocycles. The Morgan fingerprint density at radius 1 is 1.18 bits per heavy atom. The maximum absolute atomic E-state index is 13.2. The van der Waals surface area contributed by atoms with E-state index in [1.807, 2.05) is 58.0 Å². The van der Waals surface area contributed by atoms with E-state index < -0.39 is 0 Å². The van der Waals surface area contributed by atoms with E-state index in [1.165, 1.54) is 22.2 Å². The summed E-state index contributed by atoms with van der Waals surface area (Å²) >= 11 is 1.50. The van der Waals surface area contributed by atoms with Crippen LogP contribution < -0.4 is 15.0 Å². The molecule has 7 nitrogen and oxygen atoms in total. The van der Waals surface area contributed by atoms with Crippen LogP contribution in [-0.4, -0.2) is 32.6 Å². The van der Waals surface area contributed by atoms with E-state index in [0.29, 0.717) is 28.9 Å². The summed E-state index contributed by atoms with van der Waals surface area (Å²) in [7, 11) is 0. The number of thiophene rings is 1. The van der Waals surface area contributed by atoms with Gasteiger partial charge in [-0.2, -0.15) is 0 Å². The van der Waals surface area contributed by atoms with Gasteiger partial charge in [0, 0.05) is 21.8 Å². The van der Waals surface area contributed by atoms with Crippen LogP contribution in [0.3, 0.4) is 0 Å². The Morgan fingerprint density at radius 2 is 1.94 bits per heavy atom. The highest BCUT2D eigenvalue weighted by Crippen LogP contribution is 2.32. The number of ether oxygens (including phenoxy) is 2. The topological polar surface area (TPSA) is 75.3 Å². The Morgan fingerprint density at radius 3 is 2.73 bits per heavy atom. The van der Waals surface area contributed by atoms with Gasteiger partial charge in [-0.1, -0.05) is 12.1 Å². The molecule has 0 spiro atoms. The molecule has 8 heteroatoms. The Labute approximate surface area is 195 Å². The number of fused-ring (bicyclic) bond motifs is 2. The van der Waals surface area contributed by atoms with Crippen molar-refractivity contribution in [2.45, 2.75) is 46.9 Å².